The molecule has 4 rings (SSSR count). The molecule has 2 heterocycles. The van der Waals surface area contributed by atoms with E-state index in [1.165, 1.54) is 23.1 Å². The van der Waals surface area contributed by atoms with Crippen molar-refractivity contribution >= 4 is 17.5 Å². The number of amides is 2. The van der Waals surface area contributed by atoms with E-state index in [0.717, 1.165) is 17.7 Å². The quantitative estimate of drug-likeness (QED) is 0.390. The van der Waals surface area contributed by atoms with E-state index in [0.29, 0.717) is 36.6 Å². The molecule has 1 aliphatic heterocycles. The van der Waals surface area contributed by atoms with E-state index in [-0.39, 0.29) is 37.3 Å². The number of carbonyl (C=O) groups excluding carboxylic acids is 2. The fourth-order valence-corrected chi connectivity index (χ4v) is 4.81. The molecule has 2 amide bonds. The number of nitrogens with zero attached hydrogens (tertiary/aromatic N) is 6. The number of aliphatic hydroxyl groups is 1. The molecule has 0 saturated heterocycles. The van der Waals surface area contributed by atoms with Gasteiger partial charge in [-0.05, 0) is 60.3 Å². The smallest absolute Gasteiger partial charge is 0.416 e. The van der Waals surface area contributed by atoms with Gasteiger partial charge in [0, 0.05) is 36.8 Å². The van der Waals surface area contributed by atoms with Gasteiger partial charge in [-0.3, -0.25) is 14.5 Å². The summed E-state index contributed by atoms with van der Waals surface area (Å²) in [5.41, 5.74) is 1.05. The lowest BCUT2D eigenvalue weighted by atomic mass is 10.0. The first-order valence-electron chi connectivity index (χ1n) is 13.5. The van der Waals surface area contributed by atoms with Crippen LogP contribution >= 0.6 is 0 Å². The highest BCUT2D eigenvalue weighted by atomic mass is 19.4. The maximum Gasteiger partial charge on any atom is 0.416 e. The van der Waals surface area contributed by atoms with Crippen molar-refractivity contribution < 1.29 is 32.6 Å². The van der Waals surface area contributed by atoms with Crippen LogP contribution in [0.3, 0.4) is 0 Å². The zero-order valence-electron chi connectivity index (χ0n) is 23.6. The van der Waals surface area contributed by atoms with Crippen molar-refractivity contribution in [1.29, 1.82) is 0 Å². The third kappa shape index (κ3) is 8.03. The van der Waals surface area contributed by atoms with E-state index in [1.807, 2.05) is 18.9 Å². The molecule has 14 heteroatoms. The van der Waals surface area contributed by atoms with Crippen LogP contribution in [0.2, 0.25) is 0 Å². The van der Waals surface area contributed by atoms with Crippen molar-refractivity contribution in [3.05, 3.63) is 65.5 Å². The van der Waals surface area contributed by atoms with Gasteiger partial charge in [-0.2, -0.15) is 13.2 Å². The summed E-state index contributed by atoms with van der Waals surface area (Å²) in [7, 11) is 1.85. The molecule has 0 radical (unpaired) electrons. The van der Waals surface area contributed by atoms with Gasteiger partial charge in [-0.25, -0.2) is 4.68 Å². The van der Waals surface area contributed by atoms with Crippen LogP contribution in [0.1, 0.15) is 30.5 Å². The number of anilines is 1. The molecule has 0 spiro atoms. The number of ether oxygens (including phenoxy) is 1. The number of tetrazole rings is 1. The van der Waals surface area contributed by atoms with Crippen molar-refractivity contribution in [3.8, 4) is 5.75 Å². The summed E-state index contributed by atoms with van der Waals surface area (Å²) >= 11 is 0. The predicted octanol–water partition coefficient (Wildman–Crippen LogP) is 2.61. The summed E-state index contributed by atoms with van der Waals surface area (Å²) in [6.07, 6.45) is -3.48. The fourth-order valence-electron chi connectivity index (χ4n) is 4.81. The summed E-state index contributed by atoms with van der Waals surface area (Å²) in [6.45, 7) is 4.57. The molecular weight excluding hydrogens is 555 g/mol. The van der Waals surface area contributed by atoms with Gasteiger partial charge in [0.1, 0.15) is 24.7 Å². The second kappa shape index (κ2) is 13.3. The van der Waals surface area contributed by atoms with Crippen molar-refractivity contribution in [3.63, 3.8) is 0 Å². The molecule has 0 aliphatic carbocycles. The lowest BCUT2D eigenvalue weighted by molar-refractivity contribution is -0.137. The third-order valence-corrected chi connectivity index (χ3v) is 7.12. The molecule has 1 aromatic heterocycles. The van der Waals surface area contributed by atoms with Gasteiger partial charge in [0.2, 0.25) is 11.8 Å². The Morgan fingerprint density at radius 3 is 2.62 bits per heavy atom. The van der Waals surface area contributed by atoms with Gasteiger partial charge < -0.3 is 20.1 Å². The first kappa shape index (κ1) is 30.9. The van der Waals surface area contributed by atoms with Crippen LogP contribution in [0.4, 0.5) is 18.9 Å². The molecule has 42 heavy (non-hydrogen) atoms. The number of benzene rings is 2. The fraction of sp³-hybridized carbons (Fsp3) is 0.464. The SMILES string of the molecule is C[C@H](CO)N1C[C@H](C)[C@@H](CN(C)Cc2ccc(C(F)(F)F)cc2)Oc2ccc(NC(=O)Cn3cnnn3)cc2CC1=O. The van der Waals surface area contributed by atoms with Crippen LogP contribution in [-0.2, 0) is 35.3 Å². The van der Waals surface area contributed by atoms with E-state index in [9.17, 15) is 27.9 Å². The van der Waals surface area contributed by atoms with Gasteiger partial charge >= 0.3 is 6.18 Å². The number of halogens is 3. The molecule has 0 bridgehead atoms. The van der Waals surface area contributed by atoms with Crippen LogP contribution in [0, 0.1) is 5.92 Å². The van der Waals surface area contributed by atoms with Crippen molar-refractivity contribution in [2.45, 2.75) is 51.7 Å². The Hall–Kier alpha value is -4.04. The number of likely N-dealkylation sites (N-methyl/N-ethyl adjacent to an activating group) is 1. The van der Waals surface area contributed by atoms with E-state index in [2.05, 4.69) is 20.8 Å². The van der Waals surface area contributed by atoms with Gasteiger partial charge in [-0.15, -0.1) is 5.10 Å². The Morgan fingerprint density at radius 2 is 1.98 bits per heavy atom. The second-order valence-electron chi connectivity index (χ2n) is 10.7. The average Bonchev–Trinajstić information content (AvgIpc) is 3.45. The number of rotatable bonds is 9. The molecule has 1 aliphatic rings. The molecule has 0 saturated carbocycles. The Kier molecular flexibility index (Phi) is 9.78. The molecule has 226 valence electrons. The predicted molar refractivity (Wildman–Crippen MR) is 146 cm³/mol. The van der Waals surface area contributed by atoms with Crippen LogP contribution in [0.15, 0.2) is 48.8 Å². The van der Waals surface area contributed by atoms with Crippen LogP contribution < -0.4 is 10.1 Å². The van der Waals surface area contributed by atoms with E-state index in [4.69, 9.17) is 4.74 Å². The summed E-state index contributed by atoms with van der Waals surface area (Å²) in [4.78, 5) is 29.5. The molecule has 2 aromatic carbocycles. The van der Waals surface area contributed by atoms with Crippen molar-refractivity contribution in [2.24, 2.45) is 5.92 Å². The number of hydrogen-bond acceptors (Lipinski definition) is 8. The first-order valence-corrected chi connectivity index (χ1v) is 13.5. The Balaban J connectivity index is 1.54. The summed E-state index contributed by atoms with van der Waals surface area (Å²) in [5.74, 6) is -0.214. The maximum atomic E-state index is 13.4. The van der Waals surface area contributed by atoms with Crippen LogP contribution in [-0.4, -0.2) is 85.8 Å². The monoisotopic (exact) mass is 589 g/mol. The summed E-state index contributed by atoms with van der Waals surface area (Å²) < 4.78 is 46.7. The second-order valence-corrected chi connectivity index (χ2v) is 10.7. The lowest BCUT2D eigenvalue weighted by Gasteiger charge is -2.34. The minimum atomic E-state index is -4.40. The number of carbonyl (C=O) groups is 2. The van der Waals surface area contributed by atoms with Gasteiger partial charge in [0.15, 0.2) is 0 Å². The number of hydrogen-bond donors (Lipinski definition) is 2. The molecule has 0 unspecified atom stereocenters. The van der Waals surface area contributed by atoms with E-state index in [1.54, 1.807) is 30.0 Å². The summed E-state index contributed by atoms with van der Waals surface area (Å²) in [6, 6.07) is 9.70. The number of alkyl halides is 3. The Labute approximate surface area is 241 Å². The Morgan fingerprint density at radius 1 is 1.24 bits per heavy atom. The molecular formula is C28H34F3N7O4. The minimum Gasteiger partial charge on any atom is -0.488 e. The lowest BCUT2D eigenvalue weighted by Crippen LogP contribution is -2.47. The highest BCUT2D eigenvalue weighted by Gasteiger charge is 2.32. The number of fused-ring (bicyclic) bond motifs is 1. The third-order valence-electron chi connectivity index (χ3n) is 7.12. The molecule has 2 N–H and O–H groups in total. The van der Waals surface area contributed by atoms with Gasteiger partial charge in [0.05, 0.1) is 24.6 Å². The van der Waals surface area contributed by atoms with Gasteiger partial charge in [0.25, 0.3) is 0 Å². The van der Waals surface area contributed by atoms with Crippen molar-refractivity contribution in [1.82, 2.24) is 30.0 Å². The summed E-state index contributed by atoms with van der Waals surface area (Å²) in [5, 5.41) is 23.3. The zero-order valence-corrected chi connectivity index (χ0v) is 23.6. The largest absolute Gasteiger partial charge is 0.488 e. The topological polar surface area (TPSA) is 126 Å². The molecule has 0 fully saturated rings. The molecule has 3 atom stereocenters. The zero-order chi connectivity index (χ0) is 30.4. The van der Waals surface area contributed by atoms with Crippen LogP contribution in [0.25, 0.3) is 0 Å². The first-order chi connectivity index (χ1) is 19.9. The molecule has 11 nitrogen and oxygen atoms in total. The van der Waals surface area contributed by atoms with Crippen LogP contribution in [0.5, 0.6) is 5.75 Å². The number of aliphatic hydroxyl groups excluding tert-OH is 1. The Bertz CT molecular complexity index is 1350. The minimum absolute atomic E-state index is 0.00276. The number of nitrogens with one attached hydrogen (secondary N) is 1. The standard InChI is InChI=1S/C28H34F3N7O4/c1-18-12-38(19(2)16-39)27(41)11-21-10-23(33-26(40)15-37-17-32-34-35-37)8-9-24(21)42-25(18)14-36(3)13-20-4-6-22(7-5-20)28(29,30)31/h4-10,17-19,25,39H,11-16H2,1-3H3,(H,33,40)/t18-,19+,25+/m0/s1. The van der Waals surface area contributed by atoms with Gasteiger partial charge in [-0.1, -0.05) is 19.1 Å². The van der Waals surface area contributed by atoms with Crippen molar-refractivity contribution in [2.75, 3.05) is 32.1 Å². The highest BCUT2D eigenvalue weighted by molar-refractivity contribution is 5.91. The maximum absolute atomic E-state index is 13.4. The highest BCUT2D eigenvalue weighted by Crippen LogP contribution is 2.31. The molecule has 3 aromatic rings. The number of aromatic nitrogens is 4. The normalized spacial score (nSPS) is 18.5. The average molecular weight is 590 g/mol. The van der Waals surface area contributed by atoms with E-state index >= 15 is 0 Å². The van der Waals surface area contributed by atoms with E-state index < -0.39 is 23.9 Å².